The van der Waals surface area contributed by atoms with Gasteiger partial charge in [0.05, 0.1) is 0 Å². The van der Waals surface area contributed by atoms with E-state index in [9.17, 15) is 0 Å². The molecule has 0 amide bonds. The molecule has 0 unspecified atom stereocenters. The number of nitrogens with two attached hydrogens (primary N) is 1. The van der Waals surface area contributed by atoms with Gasteiger partial charge in [-0.2, -0.15) is 0 Å². The van der Waals surface area contributed by atoms with Gasteiger partial charge in [0, 0.05) is 5.54 Å². The fourth-order valence-corrected chi connectivity index (χ4v) is 2.12. The normalized spacial score (nSPS) is 21.2. The number of para-hydroxylation sites is 2. The van der Waals surface area contributed by atoms with Crippen molar-refractivity contribution in [2.24, 2.45) is 5.73 Å². The number of hydrogen-bond donors (Lipinski definition) is 1. The van der Waals surface area contributed by atoms with Crippen molar-refractivity contribution < 1.29 is 9.47 Å². The third-order valence-corrected chi connectivity index (χ3v) is 3.58. The van der Waals surface area contributed by atoms with Crippen molar-refractivity contribution >= 4 is 0 Å². The minimum absolute atomic E-state index is 0.118. The largest absolute Gasteiger partial charge is 0.486 e. The third kappa shape index (κ3) is 4.40. The van der Waals surface area contributed by atoms with Crippen molar-refractivity contribution in [3.8, 4) is 11.5 Å². The van der Waals surface area contributed by atoms with Crippen LogP contribution in [0.4, 0.5) is 0 Å². The van der Waals surface area contributed by atoms with Crippen LogP contribution in [0.15, 0.2) is 24.3 Å². The molecule has 2 aliphatic heterocycles. The Balaban J connectivity index is 0.000000141. The van der Waals surface area contributed by atoms with Crippen LogP contribution in [0.2, 0.25) is 0 Å². The van der Waals surface area contributed by atoms with Gasteiger partial charge in [0.15, 0.2) is 11.5 Å². The molecule has 0 saturated carbocycles. The average Bonchev–Trinajstić information content (AvgIpc) is 2.43. The minimum Gasteiger partial charge on any atom is -0.486 e. The molecular formula is C15H24N2O2. The number of rotatable bonds is 0. The Hall–Kier alpha value is -1.26. The van der Waals surface area contributed by atoms with Crippen LogP contribution < -0.4 is 15.2 Å². The Morgan fingerprint density at radius 3 is 1.95 bits per heavy atom. The Morgan fingerprint density at radius 1 is 1.05 bits per heavy atom. The summed E-state index contributed by atoms with van der Waals surface area (Å²) in [5, 5.41) is 0. The summed E-state index contributed by atoms with van der Waals surface area (Å²) in [5.74, 6) is 1.71. The van der Waals surface area contributed by atoms with Gasteiger partial charge >= 0.3 is 0 Å². The first-order valence-electron chi connectivity index (χ1n) is 6.89. The molecule has 0 radical (unpaired) electrons. The third-order valence-electron chi connectivity index (χ3n) is 3.58. The second-order valence-electron chi connectivity index (χ2n) is 5.60. The van der Waals surface area contributed by atoms with Crippen molar-refractivity contribution in [1.29, 1.82) is 0 Å². The molecule has 2 aliphatic rings. The first-order chi connectivity index (χ1) is 9.07. The average molecular weight is 264 g/mol. The molecule has 2 heterocycles. The SMILES string of the molecule is CN1CCC(C)(N)CC1.c1ccc2c(c1)OCCO2. The fourth-order valence-electron chi connectivity index (χ4n) is 2.12. The summed E-state index contributed by atoms with van der Waals surface area (Å²) in [6.45, 7) is 5.79. The zero-order chi connectivity index (χ0) is 13.7. The summed E-state index contributed by atoms with van der Waals surface area (Å²) in [6.07, 6.45) is 2.28. The molecule has 1 saturated heterocycles. The molecule has 4 nitrogen and oxygen atoms in total. The smallest absolute Gasteiger partial charge is 0.161 e. The summed E-state index contributed by atoms with van der Waals surface area (Å²) >= 11 is 0. The maximum atomic E-state index is 5.91. The number of fused-ring (bicyclic) bond motifs is 1. The van der Waals surface area contributed by atoms with Gasteiger partial charge in [0.25, 0.3) is 0 Å². The lowest BCUT2D eigenvalue weighted by Gasteiger charge is -2.34. The van der Waals surface area contributed by atoms with Crippen LogP contribution in [-0.2, 0) is 0 Å². The number of nitrogens with zero attached hydrogens (tertiary/aromatic N) is 1. The molecule has 4 heteroatoms. The summed E-state index contributed by atoms with van der Waals surface area (Å²) in [4.78, 5) is 2.33. The van der Waals surface area contributed by atoms with Crippen molar-refractivity contribution in [2.75, 3.05) is 33.4 Å². The Morgan fingerprint density at radius 2 is 1.53 bits per heavy atom. The second-order valence-corrected chi connectivity index (χ2v) is 5.60. The van der Waals surface area contributed by atoms with Crippen LogP contribution in [0.5, 0.6) is 11.5 Å². The van der Waals surface area contributed by atoms with Crippen LogP contribution in [0.25, 0.3) is 0 Å². The summed E-state index contributed by atoms with van der Waals surface area (Å²) < 4.78 is 10.6. The Kier molecular flexibility index (Phi) is 4.66. The molecule has 0 atom stereocenters. The van der Waals surface area contributed by atoms with Gasteiger partial charge in [-0.15, -0.1) is 0 Å². The van der Waals surface area contributed by atoms with Crippen LogP contribution in [0.3, 0.4) is 0 Å². The highest BCUT2D eigenvalue weighted by Crippen LogP contribution is 2.28. The zero-order valence-corrected chi connectivity index (χ0v) is 11.9. The minimum atomic E-state index is 0.118. The molecular weight excluding hydrogens is 240 g/mol. The van der Waals surface area contributed by atoms with Gasteiger partial charge in [0.1, 0.15) is 13.2 Å². The molecule has 2 N–H and O–H groups in total. The Labute approximate surface area is 115 Å². The molecule has 3 rings (SSSR count). The molecule has 0 aliphatic carbocycles. The summed E-state index contributed by atoms with van der Waals surface area (Å²) in [6, 6.07) is 7.70. The number of likely N-dealkylation sites (tertiary alicyclic amines) is 1. The van der Waals surface area contributed by atoms with E-state index >= 15 is 0 Å². The molecule has 1 aromatic rings. The topological polar surface area (TPSA) is 47.7 Å². The molecule has 1 fully saturated rings. The first-order valence-corrected chi connectivity index (χ1v) is 6.89. The van der Waals surface area contributed by atoms with E-state index in [1.165, 1.54) is 0 Å². The number of ether oxygens (including phenoxy) is 2. The summed E-state index contributed by atoms with van der Waals surface area (Å²) in [5.41, 5.74) is 6.03. The predicted molar refractivity (Wildman–Crippen MR) is 76.8 cm³/mol. The van der Waals surface area contributed by atoms with E-state index in [1.54, 1.807) is 0 Å². The van der Waals surface area contributed by atoms with Gasteiger partial charge in [-0.1, -0.05) is 12.1 Å². The van der Waals surface area contributed by atoms with Crippen LogP contribution in [0, 0.1) is 0 Å². The number of piperidine rings is 1. The molecule has 0 spiro atoms. The van der Waals surface area contributed by atoms with Gasteiger partial charge in [-0.05, 0) is 52.0 Å². The standard InChI is InChI=1S/C8H8O2.C7H16N2/c1-2-4-8-7(3-1)9-5-6-10-8;1-7(8)3-5-9(2)6-4-7/h1-4H,5-6H2;3-6,8H2,1-2H3. The molecule has 19 heavy (non-hydrogen) atoms. The van der Waals surface area contributed by atoms with E-state index in [0.717, 1.165) is 37.4 Å². The lowest BCUT2D eigenvalue weighted by Crippen LogP contribution is -2.46. The van der Waals surface area contributed by atoms with Gasteiger partial charge in [0.2, 0.25) is 0 Å². The van der Waals surface area contributed by atoms with E-state index < -0.39 is 0 Å². The van der Waals surface area contributed by atoms with Crippen LogP contribution in [0.1, 0.15) is 19.8 Å². The van der Waals surface area contributed by atoms with E-state index in [4.69, 9.17) is 15.2 Å². The second kappa shape index (κ2) is 6.26. The van der Waals surface area contributed by atoms with E-state index in [-0.39, 0.29) is 5.54 Å². The highest BCUT2D eigenvalue weighted by Gasteiger charge is 2.23. The maximum Gasteiger partial charge on any atom is 0.161 e. The highest BCUT2D eigenvalue weighted by molar-refractivity contribution is 5.40. The molecule has 106 valence electrons. The monoisotopic (exact) mass is 264 g/mol. The van der Waals surface area contributed by atoms with Crippen molar-refractivity contribution in [2.45, 2.75) is 25.3 Å². The van der Waals surface area contributed by atoms with E-state index in [0.29, 0.717) is 13.2 Å². The van der Waals surface area contributed by atoms with E-state index in [2.05, 4.69) is 18.9 Å². The van der Waals surface area contributed by atoms with Crippen molar-refractivity contribution in [1.82, 2.24) is 4.90 Å². The van der Waals surface area contributed by atoms with Crippen LogP contribution >= 0.6 is 0 Å². The molecule has 1 aromatic carbocycles. The number of benzene rings is 1. The predicted octanol–water partition coefficient (Wildman–Crippen LogP) is 1.89. The highest BCUT2D eigenvalue weighted by atomic mass is 16.6. The maximum absolute atomic E-state index is 5.91. The zero-order valence-electron chi connectivity index (χ0n) is 11.9. The number of hydrogen-bond acceptors (Lipinski definition) is 4. The van der Waals surface area contributed by atoms with Crippen LogP contribution in [-0.4, -0.2) is 43.8 Å². The van der Waals surface area contributed by atoms with Crippen molar-refractivity contribution in [3.63, 3.8) is 0 Å². The van der Waals surface area contributed by atoms with Crippen molar-refractivity contribution in [3.05, 3.63) is 24.3 Å². The lowest BCUT2D eigenvalue weighted by molar-refractivity contribution is 0.171. The van der Waals surface area contributed by atoms with Gasteiger partial charge in [-0.3, -0.25) is 0 Å². The summed E-state index contributed by atoms with van der Waals surface area (Å²) in [7, 11) is 2.15. The molecule has 0 aromatic heterocycles. The Bertz CT molecular complexity index is 372. The van der Waals surface area contributed by atoms with Gasteiger partial charge in [-0.25, -0.2) is 0 Å². The quantitative estimate of drug-likeness (QED) is 0.777. The first kappa shape index (κ1) is 14.2. The lowest BCUT2D eigenvalue weighted by atomic mass is 9.91. The van der Waals surface area contributed by atoms with Gasteiger partial charge < -0.3 is 20.1 Å². The van der Waals surface area contributed by atoms with E-state index in [1.807, 2.05) is 24.3 Å². The molecule has 0 bridgehead atoms. The fraction of sp³-hybridized carbons (Fsp3) is 0.600.